The Morgan fingerprint density at radius 3 is 2.55 bits per heavy atom. The van der Waals surface area contributed by atoms with E-state index in [4.69, 9.17) is 9.47 Å². The Morgan fingerprint density at radius 1 is 1.23 bits per heavy atom. The molecule has 6 heteroatoms. The lowest BCUT2D eigenvalue weighted by Gasteiger charge is -2.34. The van der Waals surface area contributed by atoms with Crippen molar-refractivity contribution < 1.29 is 19.1 Å². The van der Waals surface area contributed by atoms with Crippen molar-refractivity contribution in [3.63, 3.8) is 0 Å². The Labute approximate surface area is 130 Å². The standard InChI is InChI=1S/C16H22N2O4/c1-11(19)18(16(2,3)4)9-15(20)17-8-12-5-6-13-14(7-12)22-10-21-13/h5-7H,8-10H2,1-4H3,(H,17,20). The van der Waals surface area contributed by atoms with Crippen LogP contribution in [0, 0.1) is 0 Å². The van der Waals surface area contributed by atoms with Crippen LogP contribution in [0.5, 0.6) is 11.5 Å². The van der Waals surface area contributed by atoms with Gasteiger partial charge in [-0.05, 0) is 38.5 Å². The molecular formula is C16H22N2O4. The molecule has 0 aliphatic carbocycles. The van der Waals surface area contributed by atoms with Crippen molar-refractivity contribution in [2.24, 2.45) is 0 Å². The van der Waals surface area contributed by atoms with Crippen LogP contribution >= 0.6 is 0 Å². The topological polar surface area (TPSA) is 67.9 Å². The second kappa shape index (κ2) is 6.25. The van der Waals surface area contributed by atoms with E-state index in [-0.39, 0.29) is 30.7 Å². The molecule has 0 unspecified atom stereocenters. The summed E-state index contributed by atoms with van der Waals surface area (Å²) in [7, 11) is 0. The van der Waals surface area contributed by atoms with Gasteiger partial charge in [-0.25, -0.2) is 0 Å². The minimum atomic E-state index is -0.387. The van der Waals surface area contributed by atoms with Gasteiger partial charge < -0.3 is 19.7 Å². The van der Waals surface area contributed by atoms with Crippen LogP contribution in [0.4, 0.5) is 0 Å². The molecule has 0 bridgehead atoms. The summed E-state index contributed by atoms with van der Waals surface area (Å²) in [6.45, 7) is 7.83. The van der Waals surface area contributed by atoms with E-state index >= 15 is 0 Å². The lowest BCUT2D eigenvalue weighted by Crippen LogP contribution is -2.49. The maximum Gasteiger partial charge on any atom is 0.239 e. The molecule has 1 aromatic carbocycles. The maximum absolute atomic E-state index is 12.1. The molecule has 0 fully saturated rings. The second-order valence-electron chi connectivity index (χ2n) is 6.24. The minimum Gasteiger partial charge on any atom is -0.454 e. The Balaban J connectivity index is 1.91. The van der Waals surface area contributed by atoms with Gasteiger partial charge in [0, 0.05) is 19.0 Å². The van der Waals surface area contributed by atoms with Crippen LogP contribution in [0.1, 0.15) is 33.3 Å². The molecule has 1 N–H and O–H groups in total. The molecule has 0 saturated heterocycles. The van der Waals surface area contributed by atoms with Crippen molar-refractivity contribution >= 4 is 11.8 Å². The van der Waals surface area contributed by atoms with E-state index < -0.39 is 0 Å². The van der Waals surface area contributed by atoms with E-state index in [0.717, 1.165) is 5.56 Å². The number of nitrogens with zero attached hydrogens (tertiary/aromatic N) is 1. The van der Waals surface area contributed by atoms with Crippen molar-refractivity contribution in [1.29, 1.82) is 0 Å². The zero-order chi connectivity index (χ0) is 16.3. The minimum absolute atomic E-state index is 0.0450. The summed E-state index contributed by atoms with van der Waals surface area (Å²) >= 11 is 0. The summed E-state index contributed by atoms with van der Waals surface area (Å²) in [5, 5.41) is 2.82. The number of carbonyl (C=O) groups is 2. The Morgan fingerprint density at radius 2 is 1.91 bits per heavy atom. The van der Waals surface area contributed by atoms with Gasteiger partial charge in [-0.15, -0.1) is 0 Å². The SMILES string of the molecule is CC(=O)N(CC(=O)NCc1ccc2c(c1)OCO2)C(C)(C)C. The number of benzene rings is 1. The monoisotopic (exact) mass is 306 g/mol. The van der Waals surface area contributed by atoms with Crippen molar-refractivity contribution in [1.82, 2.24) is 10.2 Å². The number of rotatable bonds is 4. The number of carbonyl (C=O) groups excluding carboxylic acids is 2. The predicted octanol–water partition coefficient (Wildman–Crippen LogP) is 1.68. The van der Waals surface area contributed by atoms with Gasteiger partial charge in [0.25, 0.3) is 0 Å². The first-order chi connectivity index (χ1) is 10.3. The third kappa shape index (κ3) is 3.90. The predicted molar refractivity (Wildman–Crippen MR) is 81.6 cm³/mol. The van der Waals surface area contributed by atoms with Crippen molar-refractivity contribution in [2.45, 2.75) is 39.8 Å². The van der Waals surface area contributed by atoms with Gasteiger partial charge >= 0.3 is 0 Å². The van der Waals surface area contributed by atoms with Gasteiger partial charge in [-0.2, -0.15) is 0 Å². The van der Waals surface area contributed by atoms with E-state index in [0.29, 0.717) is 18.0 Å². The highest BCUT2D eigenvalue weighted by molar-refractivity contribution is 5.84. The summed E-state index contributed by atoms with van der Waals surface area (Å²) in [6.07, 6.45) is 0. The van der Waals surface area contributed by atoms with E-state index in [9.17, 15) is 9.59 Å². The third-order valence-corrected chi connectivity index (χ3v) is 3.42. The fourth-order valence-corrected chi connectivity index (χ4v) is 2.27. The summed E-state index contributed by atoms with van der Waals surface area (Å²) in [5.74, 6) is 1.09. The average molecular weight is 306 g/mol. The van der Waals surface area contributed by atoms with E-state index in [1.54, 1.807) is 4.90 Å². The third-order valence-electron chi connectivity index (χ3n) is 3.42. The average Bonchev–Trinajstić information content (AvgIpc) is 2.88. The number of hydrogen-bond acceptors (Lipinski definition) is 4. The molecule has 0 saturated carbocycles. The Bertz CT molecular complexity index is 578. The first-order valence-corrected chi connectivity index (χ1v) is 7.21. The highest BCUT2D eigenvalue weighted by Crippen LogP contribution is 2.32. The Hall–Kier alpha value is -2.24. The number of nitrogens with one attached hydrogen (secondary N) is 1. The highest BCUT2D eigenvalue weighted by atomic mass is 16.7. The van der Waals surface area contributed by atoms with Crippen LogP contribution < -0.4 is 14.8 Å². The van der Waals surface area contributed by atoms with Gasteiger partial charge in [0.2, 0.25) is 18.6 Å². The molecule has 0 atom stereocenters. The van der Waals surface area contributed by atoms with Crippen LogP contribution in [0.25, 0.3) is 0 Å². The smallest absolute Gasteiger partial charge is 0.239 e. The van der Waals surface area contributed by atoms with Crippen LogP contribution in [-0.4, -0.2) is 35.6 Å². The van der Waals surface area contributed by atoms with Gasteiger partial charge in [-0.1, -0.05) is 6.07 Å². The van der Waals surface area contributed by atoms with Gasteiger partial charge in [0.05, 0.1) is 0 Å². The summed E-state index contributed by atoms with van der Waals surface area (Å²) in [5.41, 5.74) is 0.532. The highest BCUT2D eigenvalue weighted by Gasteiger charge is 2.25. The number of amides is 2. The normalized spacial score (nSPS) is 12.9. The van der Waals surface area contributed by atoms with Gasteiger partial charge in [-0.3, -0.25) is 9.59 Å². The first kappa shape index (κ1) is 16.1. The molecule has 1 aliphatic heterocycles. The van der Waals surface area contributed by atoms with Crippen LogP contribution in [0.3, 0.4) is 0 Å². The zero-order valence-electron chi connectivity index (χ0n) is 13.4. The molecule has 22 heavy (non-hydrogen) atoms. The molecule has 1 aliphatic rings. The molecule has 0 aromatic heterocycles. The maximum atomic E-state index is 12.1. The lowest BCUT2D eigenvalue weighted by atomic mass is 10.1. The molecular weight excluding hydrogens is 284 g/mol. The van der Waals surface area contributed by atoms with E-state index in [2.05, 4.69) is 5.32 Å². The zero-order valence-corrected chi connectivity index (χ0v) is 13.4. The molecule has 2 amide bonds. The van der Waals surface area contributed by atoms with E-state index in [1.165, 1.54) is 6.92 Å². The van der Waals surface area contributed by atoms with Crippen LogP contribution in [0.2, 0.25) is 0 Å². The van der Waals surface area contributed by atoms with Crippen molar-refractivity contribution in [3.05, 3.63) is 23.8 Å². The number of fused-ring (bicyclic) bond motifs is 1. The first-order valence-electron chi connectivity index (χ1n) is 7.21. The molecule has 6 nitrogen and oxygen atoms in total. The Kier molecular flexibility index (Phi) is 4.59. The fraction of sp³-hybridized carbons (Fsp3) is 0.500. The molecule has 2 rings (SSSR count). The van der Waals surface area contributed by atoms with Crippen LogP contribution in [0.15, 0.2) is 18.2 Å². The van der Waals surface area contributed by atoms with E-state index in [1.807, 2.05) is 39.0 Å². The second-order valence-corrected chi connectivity index (χ2v) is 6.24. The summed E-state index contributed by atoms with van der Waals surface area (Å²) in [4.78, 5) is 25.2. The number of hydrogen-bond donors (Lipinski definition) is 1. The van der Waals surface area contributed by atoms with Gasteiger partial charge in [0.1, 0.15) is 6.54 Å². The summed E-state index contributed by atoms with van der Waals surface area (Å²) in [6, 6.07) is 5.54. The molecule has 0 radical (unpaired) electrons. The molecule has 0 spiro atoms. The van der Waals surface area contributed by atoms with Crippen LogP contribution in [-0.2, 0) is 16.1 Å². The largest absolute Gasteiger partial charge is 0.454 e. The van der Waals surface area contributed by atoms with Gasteiger partial charge in [0.15, 0.2) is 11.5 Å². The molecule has 120 valence electrons. The fourth-order valence-electron chi connectivity index (χ4n) is 2.27. The number of ether oxygens (including phenoxy) is 2. The lowest BCUT2D eigenvalue weighted by molar-refractivity contribution is -0.139. The summed E-state index contributed by atoms with van der Waals surface area (Å²) < 4.78 is 10.5. The van der Waals surface area contributed by atoms with Crippen molar-refractivity contribution in [3.8, 4) is 11.5 Å². The molecule has 1 aromatic rings. The quantitative estimate of drug-likeness (QED) is 0.919. The molecule has 1 heterocycles. The van der Waals surface area contributed by atoms with Crippen molar-refractivity contribution in [2.75, 3.05) is 13.3 Å².